The topological polar surface area (TPSA) is 9.23 Å². The number of hydrogen-bond donors (Lipinski definition) is 0. The molecular formula is C16H16O. The van der Waals surface area contributed by atoms with Gasteiger partial charge in [0.2, 0.25) is 0 Å². The standard InChI is InChI=1S/C16H16O/c1-11(2)16(3)10-13-9-8-12-6-4-5-7-14(12)15(13)17-16/h4-9H,1,10H2,2-3H3/t16-/m0/s1. The van der Waals surface area contributed by atoms with Gasteiger partial charge in [-0.25, -0.2) is 0 Å². The summed E-state index contributed by atoms with van der Waals surface area (Å²) in [5, 5.41) is 2.44. The minimum atomic E-state index is -0.244. The van der Waals surface area contributed by atoms with E-state index >= 15 is 0 Å². The predicted molar refractivity (Wildman–Crippen MR) is 71.5 cm³/mol. The quantitative estimate of drug-likeness (QED) is 0.662. The summed E-state index contributed by atoms with van der Waals surface area (Å²) in [6, 6.07) is 12.7. The van der Waals surface area contributed by atoms with Crippen LogP contribution in [0.4, 0.5) is 0 Å². The molecule has 0 aromatic heterocycles. The van der Waals surface area contributed by atoms with Crippen molar-refractivity contribution in [2.45, 2.75) is 25.9 Å². The highest BCUT2D eigenvalue weighted by molar-refractivity contribution is 5.90. The molecule has 0 radical (unpaired) electrons. The molecule has 2 aromatic rings. The predicted octanol–water partition coefficient (Wildman–Crippen LogP) is 4.11. The van der Waals surface area contributed by atoms with Crippen LogP contribution in [0.5, 0.6) is 5.75 Å². The summed E-state index contributed by atoms with van der Waals surface area (Å²) in [6.45, 7) is 8.20. The Hall–Kier alpha value is -1.76. The summed E-state index contributed by atoms with van der Waals surface area (Å²) in [7, 11) is 0. The van der Waals surface area contributed by atoms with Gasteiger partial charge in [0.05, 0.1) is 0 Å². The summed E-state index contributed by atoms with van der Waals surface area (Å²) in [5.41, 5.74) is 2.12. The highest BCUT2D eigenvalue weighted by Crippen LogP contribution is 2.42. The second-order valence-electron chi connectivity index (χ2n) is 5.06. The summed E-state index contributed by atoms with van der Waals surface area (Å²) in [6.07, 6.45) is 0.919. The van der Waals surface area contributed by atoms with Gasteiger partial charge < -0.3 is 4.74 Å². The van der Waals surface area contributed by atoms with Crippen molar-refractivity contribution < 1.29 is 4.74 Å². The Bertz CT molecular complexity index is 612. The molecule has 0 amide bonds. The molecule has 0 unspecified atom stereocenters. The molecule has 0 bridgehead atoms. The molecule has 2 aromatic carbocycles. The maximum absolute atomic E-state index is 6.17. The van der Waals surface area contributed by atoms with Gasteiger partial charge in [0.25, 0.3) is 0 Å². The molecule has 0 saturated carbocycles. The summed E-state index contributed by atoms with van der Waals surface area (Å²) in [5.74, 6) is 1.04. The Morgan fingerprint density at radius 1 is 1.24 bits per heavy atom. The van der Waals surface area contributed by atoms with Gasteiger partial charge in [-0.2, -0.15) is 0 Å². The van der Waals surface area contributed by atoms with Gasteiger partial charge in [-0.15, -0.1) is 0 Å². The van der Waals surface area contributed by atoms with Crippen LogP contribution >= 0.6 is 0 Å². The Kier molecular flexibility index (Phi) is 2.06. The molecule has 0 aliphatic carbocycles. The lowest BCUT2D eigenvalue weighted by Gasteiger charge is -2.24. The Balaban J connectivity index is 2.20. The lowest BCUT2D eigenvalue weighted by molar-refractivity contribution is 0.159. The second-order valence-corrected chi connectivity index (χ2v) is 5.06. The molecule has 1 heteroatoms. The van der Waals surface area contributed by atoms with Gasteiger partial charge in [-0.05, 0) is 30.4 Å². The monoisotopic (exact) mass is 224 g/mol. The molecule has 86 valence electrons. The lowest BCUT2D eigenvalue weighted by Crippen LogP contribution is -2.30. The van der Waals surface area contributed by atoms with Crippen LogP contribution in [0.15, 0.2) is 48.6 Å². The van der Waals surface area contributed by atoms with Gasteiger partial charge in [-0.1, -0.05) is 43.0 Å². The second kappa shape index (κ2) is 3.36. The minimum absolute atomic E-state index is 0.244. The van der Waals surface area contributed by atoms with Gasteiger partial charge in [-0.3, -0.25) is 0 Å². The first-order valence-corrected chi connectivity index (χ1v) is 5.96. The zero-order valence-electron chi connectivity index (χ0n) is 10.3. The average molecular weight is 224 g/mol. The fraction of sp³-hybridized carbons (Fsp3) is 0.250. The minimum Gasteiger partial charge on any atom is -0.482 e. The van der Waals surface area contributed by atoms with E-state index in [0.717, 1.165) is 17.7 Å². The molecule has 0 N–H and O–H groups in total. The van der Waals surface area contributed by atoms with Crippen LogP contribution in [0, 0.1) is 0 Å². The summed E-state index contributed by atoms with van der Waals surface area (Å²) < 4.78 is 6.17. The number of ether oxygens (including phenoxy) is 1. The number of benzene rings is 2. The first kappa shape index (κ1) is 10.4. The zero-order valence-corrected chi connectivity index (χ0v) is 10.3. The SMILES string of the molecule is C=C(C)[C@]1(C)Cc2ccc3ccccc3c2O1. The highest BCUT2D eigenvalue weighted by Gasteiger charge is 2.36. The number of hydrogen-bond acceptors (Lipinski definition) is 1. The van der Waals surface area contributed by atoms with E-state index in [-0.39, 0.29) is 5.60 Å². The molecular weight excluding hydrogens is 208 g/mol. The van der Waals surface area contributed by atoms with Crippen LogP contribution in [0.1, 0.15) is 19.4 Å². The molecule has 0 fully saturated rings. The third-order valence-electron chi connectivity index (χ3n) is 3.72. The normalized spacial score (nSPS) is 22.2. The van der Waals surface area contributed by atoms with Gasteiger partial charge in [0, 0.05) is 11.8 Å². The largest absolute Gasteiger partial charge is 0.482 e. The number of fused-ring (bicyclic) bond motifs is 3. The van der Waals surface area contributed by atoms with Gasteiger partial charge >= 0.3 is 0 Å². The summed E-state index contributed by atoms with van der Waals surface area (Å²) >= 11 is 0. The first-order chi connectivity index (χ1) is 8.10. The van der Waals surface area contributed by atoms with Crippen molar-refractivity contribution in [2.75, 3.05) is 0 Å². The van der Waals surface area contributed by atoms with Gasteiger partial charge in [0.15, 0.2) is 0 Å². The van der Waals surface area contributed by atoms with E-state index in [1.54, 1.807) is 0 Å². The average Bonchev–Trinajstić information content (AvgIpc) is 2.67. The summed E-state index contributed by atoms with van der Waals surface area (Å²) in [4.78, 5) is 0. The van der Waals surface area contributed by atoms with Crippen LogP contribution in [0.25, 0.3) is 10.8 Å². The zero-order chi connectivity index (χ0) is 12.0. The Morgan fingerprint density at radius 3 is 2.76 bits per heavy atom. The smallest absolute Gasteiger partial charge is 0.131 e. The van der Waals surface area contributed by atoms with E-state index in [4.69, 9.17) is 4.74 Å². The molecule has 1 aliphatic heterocycles. The van der Waals surface area contributed by atoms with Crippen LogP contribution in [0.3, 0.4) is 0 Å². The fourth-order valence-corrected chi connectivity index (χ4v) is 2.41. The molecule has 3 rings (SSSR count). The third kappa shape index (κ3) is 1.46. The first-order valence-electron chi connectivity index (χ1n) is 5.96. The maximum atomic E-state index is 6.17. The molecule has 1 atom stereocenters. The van der Waals surface area contributed by atoms with Crippen molar-refractivity contribution >= 4 is 10.8 Å². The molecule has 17 heavy (non-hydrogen) atoms. The molecule has 0 saturated heterocycles. The van der Waals surface area contributed by atoms with Crippen LogP contribution in [-0.4, -0.2) is 5.60 Å². The van der Waals surface area contributed by atoms with Crippen molar-refractivity contribution in [1.82, 2.24) is 0 Å². The van der Waals surface area contributed by atoms with E-state index in [9.17, 15) is 0 Å². The van der Waals surface area contributed by atoms with E-state index in [0.29, 0.717) is 0 Å². The van der Waals surface area contributed by atoms with Crippen molar-refractivity contribution in [3.63, 3.8) is 0 Å². The molecule has 0 spiro atoms. The van der Waals surface area contributed by atoms with Crippen LogP contribution in [0.2, 0.25) is 0 Å². The van der Waals surface area contributed by atoms with Crippen molar-refractivity contribution in [2.24, 2.45) is 0 Å². The maximum Gasteiger partial charge on any atom is 0.131 e. The third-order valence-corrected chi connectivity index (χ3v) is 3.72. The van der Waals surface area contributed by atoms with E-state index in [1.165, 1.54) is 16.3 Å². The highest BCUT2D eigenvalue weighted by atomic mass is 16.5. The molecule has 1 nitrogen and oxygen atoms in total. The van der Waals surface area contributed by atoms with E-state index in [1.807, 2.05) is 6.92 Å². The van der Waals surface area contributed by atoms with Crippen LogP contribution < -0.4 is 4.74 Å². The van der Waals surface area contributed by atoms with E-state index in [2.05, 4.69) is 49.9 Å². The van der Waals surface area contributed by atoms with E-state index < -0.39 is 0 Å². The lowest BCUT2D eigenvalue weighted by atomic mass is 9.92. The van der Waals surface area contributed by atoms with Crippen LogP contribution in [-0.2, 0) is 6.42 Å². The Morgan fingerprint density at radius 2 is 2.00 bits per heavy atom. The van der Waals surface area contributed by atoms with Crippen molar-refractivity contribution in [1.29, 1.82) is 0 Å². The number of rotatable bonds is 1. The molecule has 1 aliphatic rings. The fourth-order valence-electron chi connectivity index (χ4n) is 2.41. The van der Waals surface area contributed by atoms with Crippen molar-refractivity contribution in [3.05, 3.63) is 54.1 Å². The van der Waals surface area contributed by atoms with Gasteiger partial charge in [0.1, 0.15) is 11.4 Å². The molecule has 1 heterocycles. The van der Waals surface area contributed by atoms with Crippen molar-refractivity contribution in [3.8, 4) is 5.75 Å². The Labute approximate surface area is 102 Å².